The van der Waals surface area contributed by atoms with Crippen molar-refractivity contribution >= 4 is 5.95 Å². The molecule has 7 nitrogen and oxygen atoms in total. The Balaban J connectivity index is 2.23. The Morgan fingerprint density at radius 1 is 0.955 bits per heavy atom. The number of likely N-dealkylation sites (N-methyl/N-ethyl adjacent to an activating group) is 2. The van der Waals surface area contributed by atoms with Gasteiger partial charge in [0.1, 0.15) is 0 Å². The van der Waals surface area contributed by atoms with Crippen LogP contribution < -0.4 is 14.0 Å². The number of hydrogen-bond acceptors (Lipinski definition) is 6. The van der Waals surface area contributed by atoms with E-state index in [1.54, 1.807) is 0 Å². The van der Waals surface area contributed by atoms with Gasteiger partial charge in [0.25, 0.3) is 0 Å². The maximum Gasteiger partial charge on any atom is 0.338 e. The Labute approximate surface area is 132 Å². The van der Waals surface area contributed by atoms with Crippen LogP contribution in [0.5, 0.6) is 12.0 Å². The Bertz CT molecular complexity index is 449. The van der Waals surface area contributed by atoms with E-state index in [1.807, 2.05) is 0 Å². The summed E-state index contributed by atoms with van der Waals surface area (Å²) in [6, 6.07) is 0.743. The van der Waals surface area contributed by atoms with Crippen molar-refractivity contribution in [1.29, 1.82) is 0 Å². The van der Waals surface area contributed by atoms with Crippen LogP contribution >= 0.6 is 0 Å². The maximum absolute atomic E-state index is 5.61. The first-order chi connectivity index (χ1) is 10.6. The van der Waals surface area contributed by atoms with Gasteiger partial charge < -0.3 is 9.47 Å². The minimum absolute atomic E-state index is 0.372. The number of nitrogens with zero attached hydrogens (tertiary/aromatic N) is 5. The zero-order valence-electron chi connectivity index (χ0n) is 14.2. The summed E-state index contributed by atoms with van der Waals surface area (Å²) >= 11 is 0. The fraction of sp³-hybridized carbons (Fsp3) is 0.800. The van der Waals surface area contributed by atoms with Gasteiger partial charge in [-0.05, 0) is 19.9 Å². The third kappa shape index (κ3) is 4.27. The summed E-state index contributed by atoms with van der Waals surface area (Å²) < 4.78 is 11.9. The summed E-state index contributed by atoms with van der Waals surface area (Å²) in [7, 11) is 4.30. The van der Waals surface area contributed by atoms with Gasteiger partial charge in [-0.25, -0.2) is 0 Å². The lowest BCUT2D eigenvalue weighted by Crippen LogP contribution is -2.58. The lowest BCUT2D eigenvalue weighted by molar-refractivity contribution is 0.170. The monoisotopic (exact) mass is 310 g/mol. The lowest BCUT2D eigenvalue weighted by atomic mass is 10.3. The molecule has 2 rings (SSSR count). The summed E-state index contributed by atoms with van der Waals surface area (Å²) in [5.74, 6) is 0.736. The summed E-state index contributed by atoms with van der Waals surface area (Å²) in [5, 5.41) is 0. The predicted octanol–water partition coefficient (Wildman–Crippen LogP) is 1.33. The van der Waals surface area contributed by atoms with Crippen molar-refractivity contribution in [2.75, 3.05) is 53.5 Å². The van der Waals surface area contributed by atoms with Crippen LogP contribution in [0.1, 0.15) is 26.7 Å². The first kappa shape index (κ1) is 16.9. The highest BCUT2D eigenvalue weighted by Crippen LogP contribution is 2.23. The van der Waals surface area contributed by atoms with E-state index in [0.717, 1.165) is 45.0 Å². The molecular weight excluding hydrogens is 282 g/mol. The average Bonchev–Trinajstić information content (AvgIpc) is 2.53. The van der Waals surface area contributed by atoms with Crippen LogP contribution in [0.15, 0.2) is 0 Å². The van der Waals surface area contributed by atoms with E-state index in [0.29, 0.717) is 29.7 Å². The number of aromatic nitrogens is 3. The number of piperazine rings is 1. The largest absolute Gasteiger partial charge is 0.463 e. The van der Waals surface area contributed by atoms with Crippen molar-refractivity contribution in [2.24, 2.45) is 0 Å². The molecule has 0 aromatic carbocycles. The van der Waals surface area contributed by atoms with E-state index in [1.165, 1.54) is 0 Å². The summed E-state index contributed by atoms with van der Waals surface area (Å²) in [4.78, 5) is 15.6. The molecule has 1 saturated heterocycles. The van der Waals surface area contributed by atoms with Gasteiger partial charge in [0.2, 0.25) is 0 Å². The van der Waals surface area contributed by atoms with Crippen LogP contribution in [0.2, 0.25) is 0 Å². The highest BCUT2D eigenvalue weighted by molar-refractivity contribution is 5.28. The molecule has 0 aliphatic carbocycles. The first-order valence-corrected chi connectivity index (χ1v) is 8.12. The number of quaternary nitrogens is 1. The van der Waals surface area contributed by atoms with Gasteiger partial charge in [0.15, 0.2) is 0 Å². The van der Waals surface area contributed by atoms with Crippen LogP contribution in [0.3, 0.4) is 0 Å². The molecule has 124 valence electrons. The van der Waals surface area contributed by atoms with E-state index < -0.39 is 0 Å². The maximum atomic E-state index is 5.61. The number of hydrogen-bond donors (Lipinski definition) is 0. The molecule has 0 saturated carbocycles. The fourth-order valence-electron chi connectivity index (χ4n) is 2.29. The van der Waals surface area contributed by atoms with Crippen LogP contribution in [-0.2, 0) is 0 Å². The van der Waals surface area contributed by atoms with Crippen molar-refractivity contribution < 1.29 is 9.47 Å². The minimum Gasteiger partial charge on any atom is -0.463 e. The van der Waals surface area contributed by atoms with Crippen molar-refractivity contribution in [3.8, 4) is 12.0 Å². The minimum atomic E-state index is 0.372. The SMILES string of the molecule is CCCOc1nc(OCCC)nc([N+]2(C)CCN(C)CC2)n1. The lowest BCUT2D eigenvalue weighted by Gasteiger charge is -2.38. The molecule has 0 radical (unpaired) electrons. The topological polar surface area (TPSA) is 60.4 Å². The normalized spacial score (nSPS) is 18.2. The van der Waals surface area contributed by atoms with Crippen LogP contribution in [0.4, 0.5) is 5.95 Å². The van der Waals surface area contributed by atoms with Crippen LogP contribution in [0.25, 0.3) is 0 Å². The zero-order chi connectivity index (χ0) is 16.0. The molecular formula is C15H28N5O2+. The Hall–Kier alpha value is -1.47. The molecule has 0 spiro atoms. The zero-order valence-corrected chi connectivity index (χ0v) is 14.2. The number of rotatable bonds is 7. The molecule has 2 heterocycles. The predicted molar refractivity (Wildman–Crippen MR) is 86.3 cm³/mol. The number of ether oxygens (including phenoxy) is 2. The van der Waals surface area contributed by atoms with Gasteiger partial charge in [0, 0.05) is 13.1 Å². The molecule has 7 heteroatoms. The van der Waals surface area contributed by atoms with Crippen LogP contribution in [-0.4, -0.2) is 73.3 Å². The van der Waals surface area contributed by atoms with Crippen molar-refractivity contribution in [2.45, 2.75) is 26.7 Å². The third-order valence-electron chi connectivity index (χ3n) is 3.89. The van der Waals surface area contributed by atoms with Crippen molar-refractivity contribution in [1.82, 2.24) is 24.3 Å². The van der Waals surface area contributed by atoms with Gasteiger partial charge in [0.05, 0.1) is 33.4 Å². The fourth-order valence-corrected chi connectivity index (χ4v) is 2.29. The van der Waals surface area contributed by atoms with Crippen molar-refractivity contribution in [3.05, 3.63) is 0 Å². The van der Waals surface area contributed by atoms with Crippen LogP contribution in [0, 0.1) is 0 Å². The van der Waals surface area contributed by atoms with Gasteiger partial charge in [-0.3, -0.25) is 9.38 Å². The molecule has 1 fully saturated rings. The molecule has 0 atom stereocenters. The molecule has 1 aromatic heterocycles. The molecule has 0 N–H and O–H groups in total. The Morgan fingerprint density at radius 2 is 1.45 bits per heavy atom. The molecule has 0 amide bonds. The highest BCUT2D eigenvalue weighted by Gasteiger charge is 2.34. The average molecular weight is 310 g/mol. The van der Waals surface area contributed by atoms with E-state index in [-0.39, 0.29) is 0 Å². The highest BCUT2D eigenvalue weighted by atomic mass is 16.5. The quantitative estimate of drug-likeness (QED) is 0.708. The second kappa shape index (κ2) is 7.69. The second-order valence-corrected chi connectivity index (χ2v) is 6.04. The Kier molecular flexibility index (Phi) is 5.90. The first-order valence-electron chi connectivity index (χ1n) is 8.12. The molecule has 0 unspecified atom stereocenters. The smallest absolute Gasteiger partial charge is 0.338 e. The molecule has 22 heavy (non-hydrogen) atoms. The summed E-state index contributed by atoms with van der Waals surface area (Å²) in [6.07, 6.45) is 1.84. The third-order valence-corrected chi connectivity index (χ3v) is 3.89. The Morgan fingerprint density at radius 3 is 1.91 bits per heavy atom. The van der Waals surface area contributed by atoms with E-state index >= 15 is 0 Å². The standard InChI is InChI=1S/C15H28N5O2/c1-5-11-21-14-16-13(17-15(18-14)22-12-6-2)20(4)9-7-19(3)8-10-20/h5-12H2,1-4H3/q+1. The molecule has 0 bridgehead atoms. The summed E-state index contributed by atoms with van der Waals surface area (Å²) in [5.41, 5.74) is 0. The van der Waals surface area contributed by atoms with Gasteiger partial charge in [-0.2, -0.15) is 0 Å². The summed E-state index contributed by atoms with van der Waals surface area (Å²) in [6.45, 7) is 9.32. The molecule has 1 aliphatic rings. The van der Waals surface area contributed by atoms with Crippen molar-refractivity contribution in [3.63, 3.8) is 0 Å². The molecule has 1 aliphatic heterocycles. The van der Waals surface area contributed by atoms with E-state index in [2.05, 4.69) is 47.8 Å². The van der Waals surface area contributed by atoms with E-state index in [9.17, 15) is 0 Å². The van der Waals surface area contributed by atoms with Gasteiger partial charge in [-0.1, -0.05) is 13.8 Å². The van der Waals surface area contributed by atoms with Gasteiger partial charge >= 0.3 is 18.0 Å². The second-order valence-electron chi connectivity index (χ2n) is 6.04. The van der Waals surface area contributed by atoms with Gasteiger partial charge in [-0.15, -0.1) is 15.0 Å². The van der Waals surface area contributed by atoms with E-state index in [4.69, 9.17) is 9.47 Å². The molecule has 1 aromatic rings.